The Hall–Kier alpha value is -1.53. The minimum Gasteiger partial charge on any atom is -0.311 e. The van der Waals surface area contributed by atoms with Gasteiger partial charge in [-0.05, 0) is 24.7 Å². The maximum absolute atomic E-state index is 13.2. The monoisotopic (exact) mass is 269 g/mol. The topological polar surface area (TPSA) is 58.4 Å². The van der Waals surface area contributed by atoms with E-state index in [9.17, 15) is 14.5 Å². The van der Waals surface area contributed by atoms with Gasteiger partial charge in [-0.15, -0.1) is 0 Å². The summed E-state index contributed by atoms with van der Waals surface area (Å²) < 4.78 is 13.2. The molecule has 0 atom stereocenters. The van der Waals surface area contributed by atoms with Gasteiger partial charge in [-0.1, -0.05) is 13.8 Å². The van der Waals surface area contributed by atoms with Crippen LogP contribution in [0.3, 0.4) is 0 Å². The number of benzene rings is 1. The first-order chi connectivity index (χ1) is 9.06. The maximum Gasteiger partial charge on any atom is 0.272 e. The second-order valence-corrected chi connectivity index (χ2v) is 4.28. The number of non-ortho nitro benzene ring substituents is 1. The number of hydrogen-bond donors (Lipinski definition) is 1. The van der Waals surface area contributed by atoms with E-state index < -0.39 is 10.7 Å². The molecule has 0 aliphatic carbocycles. The first kappa shape index (κ1) is 15.5. The van der Waals surface area contributed by atoms with E-state index in [4.69, 9.17) is 0 Å². The molecule has 0 aromatic heterocycles. The second kappa shape index (κ2) is 7.81. The number of rotatable bonds is 8. The van der Waals surface area contributed by atoms with E-state index in [-0.39, 0.29) is 5.69 Å². The zero-order valence-electron chi connectivity index (χ0n) is 11.4. The smallest absolute Gasteiger partial charge is 0.272 e. The first-order valence-corrected chi connectivity index (χ1v) is 6.43. The van der Waals surface area contributed by atoms with Gasteiger partial charge in [0.2, 0.25) is 0 Å². The molecule has 0 bridgehead atoms. The van der Waals surface area contributed by atoms with E-state index in [2.05, 4.69) is 24.1 Å². The van der Waals surface area contributed by atoms with Crippen LogP contribution in [0.15, 0.2) is 18.2 Å². The summed E-state index contributed by atoms with van der Waals surface area (Å²) in [5.41, 5.74) is 0.381. The van der Waals surface area contributed by atoms with Crippen LogP contribution in [0.2, 0.25) is 0 Å². The summed E-state index contributed by atoms with van der Waals surface area (Å²) in [6, 6.07) is 3.64. The van der Waals surface area contributed by atoms with Gasteiger partial charge in [0, 0.05) is 25.7 Å². The van der Waals surface area contributed by atoms with Gasteiger partial charge in [0.15, 0.2) is 0 Å². The second-order valence-electron chi connectivity index (χ2n) is 4.28. The SMILES string of the molecule is CCN(CC)CCNCc1cc(F)cc([N+](=O)[O-])c1. The van der Waals surface area contributed by atoms with Crippen molar-refractivity contribution in [3.05, 3.63) is 39.7 Å². The highest BCUT2D eigenvalue weighted by molar-refractivity contribution is 5.35. The van der Waals surface area contributed by atoms with Crippen molar-refractivity contribution in [2.24, 2.45) is 0 Å². The van der Waals surface area contributed by atoms with E-state index in [1.54, 1.807) is 0 Å². The zero-order valence-corrected chi connectivity index (χ0v) is 11.4. The van der Waals surface area contributed by atoms with Gasteiger partial charge in [0.05, 0.1) is 11.0 Å². The molecule has 0 aliphatic rings. The molecule has 0 unspecified atom stereocenters. The first-order valence-electron chi connectivity index (χ1n) is 6.43. The molecule has 0 fully saturated rings. The fourth-order valence-electron chi connectivity index (χ4n) is 1.85. The summed E-state index contributed by atoms with van der Waals surface area (Å²) in [4.78, 5) is 12.3. The summed E-state index contributed by atoms with van der Waals surface area (Å²) in [5.74, 6) is -0.574. The molecule has 0 spiro atoms. The third-order valence-corrected chi connectivity index (χ3v) is 2.98. The Labute approximate surface area is 112 Å². The van der Waals surface area contributed by atoms with Crippen LogP contribution in [0, 0.1) is 15.9 Å². The fourth-order valence-corrected chi connectivity index (χ4v) is 1.85. The van der Waals surface area contributed by atoms with E-state index in [0.717, 1.165) is 32.2 Å². The number of hydrogen-bond acceptors (Lipinski definition) is 4. The Morgan fingerprint density at radius 2 is 2.00 bits per heavy atom. The lowest BCUT2D eigenvalue weighted by Gasteiger charge is -2.17. The number of nitro groups is 1. The van der Waals surface area contributed by atoms with Crippen LogP contribution >= 0.6 is 0 Å². The average Bonchev–Trinajstić information content (AvgIpc) is 2.38. The highest BCUT2D eigenvalue weighted by Gasteiger charge is 2.09. The summed E-state index contributed by atoms with van der Waals surface area (Å²) in [6.07, 6.45) is 0. The van der Waals surface area contributed by atoms with Gasteiger partial charge in [0.25, 0.3) is 5.69 Å². The molecule has 1 aromatic rings. The molecular weight excluding hydrogens is 249 g/mol. The van der Waals surface area contributed by atoms with Crippen molar-refractivity contribution in [1.29, 1.82) is 0 Å². The van der Waals surface area contributed by atoms with Gasteiger partial charge in [0.1, 0.15) is 5.82 Å². The van der Waals surface area contributed by atoms with Crippen molar-refractivity contribution in [2.75, 3.05) is 26.2 Å². The molecule has 0 saturated heterocycles. The van der Waals surface area contributed by atoms with Crippen molar-refractivity contribution in [1.82, 2.24) is 10.2 Å². The van der Waals surface area contributed by atoms with E-state index in [1.807, 2.05) is 0 Å². The number of likely N-dealkylation sites (N-methyl/N-ethyl adjacent to an activating group) is 1. The molecule has 1 N–H and O–H groups in total. The van der Waals surface area contributed by atoms with Gasteiger partial charge in [-0.2, -0.15) is 0 Å². The summed E-state index contributed by atoms with van der Waals surface area (Å²) in [5, 5.41) is 13.8. The summed E-state index contributed by atoms with van der Waals surface area (Å²) >= 11 is 0. The van der Waals surface area contributed by atoms with Gasteiger partial charge >= 0.3 is 0 Å². The quantitative estimate of drug-likeness (QED) is 0.446. The minimum absolute atomic E-state index is 0.208. The summed E-state index contributed by atoms with van der Waals surface area (Å²) in [6.45, 7) is 8.28. The fraction of sp³-hybridized carbons (Fsp3) is 0.538. The third-order valence-electron chi connectivity index (χ3n) is 2.98. The lowest BCUT2D eigenvalue weighted by atomic mass is 10.2. The molecule has 0 heterocycles. The van der Waals surface area contributed by atoms with Crippen LogP contribution in [0.25, 0.3) is 0 Å². The van der Waals surface area contributed by atoms with E-state index in [0.29, 0.717) is 12.1 Å². The number of nitrogens with zero attached hydrogens (tertiary/aromatic N) is 2. The van der Waals surface area contributed by atoms with Crippen molar-refractivity contribution in [3.8, 4) is 0 Å². The van der Waals surface area contributed by atoms with Crippen molar-refractivity contribution >= 4 is 5.69 Å². The molecule has 0 aliphatic heterocycles. The zero-order chi connectivity index (χ0) is 14.3. The lowest BCUT2D eigenvalue weighted by Crippen LogP contribution is -2.31. The number of halogens is 1. The molecular formula is C13H20FN3O2. The Morgan fingerprint density at radius 3 is 2.58 bits per heavy atom. The van der Waals surface area contributed by atoms with Crippen LogP contribution in [0.5, 0.6) is 0 Å². The van der Waals surface area contributed by atoms with Gasteiger partial charge < -0.3 is 10.2 Å². The van der Waals surface area contributed by atoms with Crippen LogP contribution in [0.4, 0.5) is 10.1 Å². The van der Waals surface area contributed by atoms with Crippen molar-refractivity contribution in [2.45, 2.75) is 20.4 Å². The van der Waals surface area contributed by atoms with E-state index >= 15 is 0 Å². The van der Waals surface area contributed by atoms with Crippen LogP contribution in [-0.4, -0.2) is 36.0 Å². The predicted molar refractivity (Wildman–Crippen MR) is 72.5 cm³/mol. The number of nitro benzene ring substituents is 1. The Balaban J connectivity index is 2.47. The molecule has 1 rings (SSSR count). The van der Waals surface area contributed by atoms with E-state index in [1.165, 1.54) is 12.1 Å². The average molecular weight is 269 g/mol. The standard InChI is InChI=1S/C13H20FN3O2/c1-3-16(4-2)6-5-15-10-11-7-12(14)9-13(8-11)17(18)19/h7-9,15H,3-6,10H2,1-2H3. The molecule has 0 saturated carbocycles. The molecule has 19 heavy (non-hydrogen) atoms. The Bertz CT molecular complexity index is 422. The van der Waals surface area contributed by atoms with Gasteiger partial charge in [-0.25, -0.2) is 4.39 Å². The maximum atomic E-state index is 13.2. The minimum atomic E-state index is -0.581. The Morgan fingerprint density at radius 1 is 1.32 bits per heavy atom. The molecule has 1 aromatic carbocycles. The predicted octanol–water partition coefficient (Wildman–Crippen LogP) is 2.17. The van der Waals surface area contributed by atoms with Crippen molar-refractivity contribution in [3.63, 3.8) is 0 Å². The van der Waals surface area contributed by atoms with Crippen molar-refractivity contribution < 1.29 is 9.31 Å². The van der Waals surface area contributed by atoms with Gasteiger partial charge in [-0.3, -0.25) is 10.1 Å². The highest BCUT2D eigenvalue weighted by atomic mass is 19.1. The molecule has 0 radical (unpaired) electrons. The molecule has 0 amide bonds. The van der Waals surface area contributed by atoms with Crippen LogP contribution in [0.1, 0.15) is 19.4 Å². The molecule has 5 nitrogen and oxygen atoms in total. The summed E-state index contributed by atoms with van der Waals surface area (Å²) in [7, 11) is 0. The molecule has 106 valence electrons. The highest BCUT2D eigenvalue weighted by Crippen LogP contribution is 2.15. The number of nitrogens with one attached hydrogen (secondary N) is 1. The third kappa shape index (κ3) is 5.32. The van der Waals surface area contributed by atoms with Crippen LogP contribution < -0.4 is 5.32 Å². The lowest BCUT2D eigenvalue weighted by molar-refractivity contribution is -0.385. The Kier molecular flexibility index (Phi) is 6.38. The largest absolute Gasteiger partial charge is 0.311 e. The normalized spacial score (nSPS) is 10.9. The van der Waals surface area contributed by atoms with Crippen LogP contribution in [-0.2, 0) is 6.54 Å². The molecule has 6 heteroatoms.